The van der Waals surface area contributed by atoms with Crippen LogP contribution in [0, 0.1) is 23.7 Å². The molecular formula is C13H15BrN2O. The minimum absolute atomic E-state index is 0.270. The van der Waals surface area contributed by atoms with Crippen molar-refractivity contribution in [2.45, 2.75) is 27.2 Å². The topological polar surface area (TPSA) is 52.9 Å². The first kappa shape index (κ1) is 13.7. The maximum atomic E-state index is 12.0. The molecule has 0 aliphatic rings. The number of nitrogens with zero attached hydrogens (tertiary/aromatic N) is 1. The highest BCUT2D eigenvalue weighted by Crippen LogP contribution is 2.28. The van der Waals surface area contributed by atoms with Gasteiger partial charge < -0.3 is 5.32 Å². The Morgan fingerprint density at radius 2 is 2.24 bits per heavy atom. The molecule has 0 aliphatic carbocycles. The van der Waals surface area contributed by atoms with Crippen molar-refractivity contribution in [3.8, 4) is 6.07 Å². The average Bonchev–Trinajstić information content (AvgIpc) is 2.33. The Hall–Kier alpha value is -1.34. The number of aryl methyl sites for hydroxylation is 1. The van der Waals surface area contributed by atoms with Crippen LogP contribution in [0.1, 0.15) is 25.8 Å². The molecule has 0 aromatic heterocycles. The van der Waals surface area contributed by atoms with E-state index in [1.54, 1.807) is 6.92 Å². The number of nitriles is 1. The number of hydrogen-bond donors (Lipinski definition) is 1. The van der Waals surface area contributed by atoms with Crippen molar-refractivity contribution in [1.29, 1.82) is 5.26 Å². The Kier molecular flexibility index (Phi) is 4.30. The zero-order valence-electron chi connectivity index (χ0n) is 10.2. The molecule has 0 saturated heterocycles. The molecule has 3 nitrogen and oxygen atoms in total. The van der Waals surface area contributed by atoms with Crippen LogP contribution in [0.3, 0.4) is 0 Å². The lowest BCUT2D eigenvalue weighted by molar-refractivity contribution is -0.122. The molecule has 1 atom stereocenters. The van der Waals surface area contributed by atoms with Crippen molar-refractivity contribution in [2.24, 2.45) is 5.41 Å². The Morgan fingerprint density at radius 3 is 2.76 bits per heavy atom. The predicted octanol–water partition coefficient (Wildman–Crippen LogP) is 3.64. The number of benzene rings is 1. The lowest BCUT2D eigenvalue weighted by Gasteiger charge is -2.19. The first-order valence-corrected chi connectivity index (χ1v) is 6.21. The van der Waals surface area contributed by atoms with Crippen molar-refractivity contribution in [3.05, 3.63) is 28.2 Å². The summed E-state index contributed by atoms with van der Waals surface area (Å²) in [5, 5.41) is 11.8. The van der Waals surface area contributed by atoms with Crippen molar-refractivity contribution in [2.75, 3.05) is 5.32 Å². The van der Waals surface area contributed by atoms with Gasteiger partial charge in [-0.25, -0.2) is 0 Å². The number of hydrogen-bond acceptors (Lipinski definition) is 2. The van der Waals surface area contributed by atoms with E-state index in [0.29, 0.717) is 12.1 Å². The van der Waals surface area contributed by atoms with Crippen LogP contribution in [0.5, 0.6) is 0 Å². The molecule has 0 fully saturated rings. The van der Waals surface area contributed by atoms with Crippen LogP contribution in [0.2, 0.25) is 0 Å². The fraction of sp³-hybridized carbons (Fsp3) is 0.385. The molecule has 1 N–H and O–H groups in total. The summed E-state index contributed by atoms with van der Waals surface area (Å²) in [4.78, 5) is 12.0. The van der Waals surface area contributed by atoms with Crippen LogP contribution in [-0.4, -0.2) is 5.91 Å². The van der Waals surface area contributed by atoms with Gasteiger partial charge in [-0.3, -0.25) is 4.79 Å². The number of amides is 1. The van der Waals surface area contributed by atoms with Gasteiger partial charge in [0.2, 0.25) is 5.91 Å². The number of carbonyl (C=O) groups excluding carboxylic acids is 1. The normalized spacial score (nSPS) is 13.6. The Balaban J connectivity index is 2.97. The van der Waals surface area contributed by atoms with E-state index in [-0.39, 0.29) is 5.91 Å². The molecule has 1 aromatic rings. The van der Waals surface area contributed by atoms with Crippen molar-refractivity contribution >= 4 is 27.5 Å². The molecular weight excluding hydrogens is 280 g/mol. The summed E-state index contributed by atoms with van der Waals surface area (Å²) in [6.07, 6.45) is 0.485. The van der Waals surface area contributed by atoms with Gasteiger partial charge in [0.05, 0.1) is 11.8 Å². The van der Waals surface area contributed by atoms with Crippen molar-refractivity contribution in [1.82, 2.24) is 0 Å². The molecule has 1 aromatic carbocycles. The van der Waals surface area contributed by atoms with Gasteiger partial charge >= 0.3 is 0 Å². The van der Waals surface area contributed by atoms with Gasteiger partial charge in [-0.15, -0.1) is 0 Å². The maximum absolute atomic E-state index is 12.0. The van der Waals surface area contributed by atoms with E-state index >= 15 is 0 Å². The lowest BCUT2D eigenvalue weighted by atomic mass is 9.88. The molecule has 0 saturated carbocycles. The first-order valence-electron chi connectivity index (χ1n) is 5.42. The van der Waals surface area contributed by atoms with Gasteiger partial charge in [0.25, 0.3) is 0 Å². The molecule has 0 bridgehead atoms. The van der Waals surface area contributed by atoms with Crippen LogP contribution in [0.15, 0.2) is 22.7 Å². The minimum atomic E-state index is -0.983. The summed E-state index contributed by atoms with van der Waals surface area (Å²) in [6.45, 7) is 5.42. The summed E-state index contributed by atoms with van der Waals surface area (Å²) in [7, 11) is 0. The molecule has 1 amide bonds. The van der Waals surface area contributed by atoms with E-state index in [4.69, 9.17) is 5.26 Å². The average molecular weight is 295 g/mol. The molecule has 0 radical (unpaired) electrons. The van der Waals surface area contributed by atoms with Crippen LogP contribution >= 0.6 is 15.9 Å². The Labute approximate surface area is 110 Å². The van der Waals surface area contributed by atoms with Gasteiger partial charge in [0.15, 0.2) is 0 Å². The van der Waals surface area contributed by atoms with Gasteiger partial charge in [-0.1, -0.05) is 19.1 Å². The molecule has 17 heavy (non-hydrogen) atoms. The maximum Gasteiger partial charge on any atom is 0.244 e. The predicted molar refractivity (Wildman–Crippen MR) is 71.5 cm³/mol. The van der Waals surface area contributed by atoms with E-state index < -0.39 is 5.41 Å². The fourth-order valence-electron chi connectivity index (χ4n) is 1.29. The number of anilines is 1. The number of carbonyl (C=O) groups is 1. The zero-order chi connectivity index (χ0) is 13.1. The summed E-state index contributed by atoms with van der Waals surface area (Å²) >= 11 is 3.42. The zero-order valence-corrected chi connectivity index (χ0v) is 11.8. The quantitative estimate of drug-likeness (QED) is 0.925. The van der Waals surface area contributed by atoms with Crippen molar-refractivity contribution < 1.29 is 4.79 Å². The molecule has 1 unspecified atom stereocenters. The standard InChI is InChI=1S/C13H15BrN2O/c1-4-13(3,8-15)12(17)16-10-7-5-6-9(2)11(10)14/h5-7H,4H2,1-3H3,(H,16,17). The van der Waals surface area contributed by atoms with E-state index in [1.807, 2.05) is 32.0 Å². The highest BCUT2D eigenvalue weighted by atomic mass is 79.9. The molecule has 90 valence electrons. The van der Waals surface area contributed by atoms with E-state index in [2.05, 4.69) is 27.3 Å². The number of halogens is 1. The van der Waals surface area contributed by atoms with E-state index in [9.17, 15) is 4.79 Å². The van der Waals surface area contributed by atoms with Crippen LogP contribution < -0.4 is 5.32 Å². The van der Waals surface area contributed by atoms with Gasteiger partial charge in [0, 0.05) is 4.47 Å². The highest BCUT2D eigenvalue weighted by molar-refractivity contribution is 9.10. The van der Waals surface area contributed by atoms with Crippen LogP contribution in [0.25, 0.3) is 0 Å². The second-order valence-electron chi connectivity index (χ2n) is 4.19. The van der Waals surface area contributed by atoms with Gasteiger partial charge in [0.1, 0.15) is 5.41 Å². The first-order chi connectivity index (χ1) is 7.94. The van der Waals surface area contributed by atoms with E-state index in [1.165, 1.54) is 0 Å². The Bertz CT molecular complexity index is 479. The van der Waals surface area contributed by atoms with Gasteiger partial charge in [-0.2, -0.15) is 5.26 Å². The number of nitrogens with one attached hydrogen (secondary N) is 1. The molecule has 4 heteroatoms. The third-order valence-corrected chi connectivity index (χ3v) is 3.95. The smallest absolute Gasteiger partial charge is 0.244 e. The number of rotatable bonds is 3. The fourth-order valence-corrected chi connectivity index (χ4v) is 1.66. The Morgan fingerprint density at radius 1 is 1.59 bits per heavy atom. The highest BCUT2D eigenvalue weighted by Gasteiger charge is 2.31. The largest absolute Gasteiger partial charge is 0.324 e. The molecule has 1 rings (SSSR count). The summed E-state index contributed by atoms with van der Waals surface area (Å²) < 4.78 is 0.852. The summed E-state index contributed by atoms with van der Waals surface area (Å²) in [6, 6.07) is 7.68. The minimum Gasteiger partial charge on any atom is -0.324 e. The lowest BCUT2D eigenvalue weighted by Crippen LogP contribution is -2.31. The molecule has 0 aliphatic heterocycles. The second-order valence-corrected chi connectivity index (χ2v) is 4.98. The summed E-state index contributed by atoms with van der Waals surface area (Å²) in [5.41, 5.74) is 0.756. The van der Waals surface area contributed by atoms with Gasteiger partial charge in [-0.05, 0) is 47.8 Å². The van der Waals surface area contributed by atoms with Crippen molar-refractivity contribution in [3.63, 3.8) is 0 Å². The second kappa shape index (κ2) is 5.33. The third-order valence-electron chi connectivity index (χ3n) is 2.90. The summed E-state index contributed by atoms with van der Waals surface area (Å²) in [5.74, 6) is -0.270. The van der Waals surface area contributed by atoms with E-state index in [0.717, 1.165) is 10.0 Å². The molecule has 0 heterocycles. The van der Waals surface area contributed by atoms with Crippen LogP contribution in [0.4, 0.5) is 5.69 Å². The van der Waals surface area contributed by atoms with Crippen LogP contribution in [-0.2, 0) is 4.79 Å². The third kappa shape index (κ3) is 2.86. The SMILES string of the molecule is CCC(C)(C#N)C(=O)Nc1cccc(C)c1Br. The molecule has 0 spiro atoms. The monoisotopic (exact) mass is 294 g/mol.